The van der Waals surface area contributed by atoms with Crippen molar-refractivity contribution >= 4 is 16.8 Å². The van der Waals surface area contributed by atoms with Crippen molar-refractivity contribution in [2.24, 2.45) is 5.92 Å². The van der Waals surface area contributed by atoms with E-state index in [4.69, 9.17) is 19.6 Å². The Labute approximate surface area is 111 Å². The van der Waals surface area contributed by atoms with Crippen LogP contribution in [0.2, 0.25) is 0 Å². The number of nitrogens with two attached hydrogens (primary N) is 1. The number of hydrogen-bond donors (Lipinski definition) is 1. The van der Waals surface area contributed by atoms with Crippen molar-refractivity contribution in [1.29, 1.82) is 0 Å². The maximum Gasteiger partial charge on any atom is 0.221 e. The molecule has 102 valence electrons. The Kier molecular flexibility index (Phi) is 3.66. The summed E-state index contributed by atoms with van der Waals surface area (Å²) in [6, 6.07) is 5.45. The summed E-state index contributed by atoms with van der Waals surface area (Å²) in [5.41, 5.74) is 7.93. The van der Waals surface area contributed by atoms with E-state index < -0.39 is 0 Å². The minimum atomic E-state index is 0.409. The van der Waals surface area contributed by atoms with E-state index in [1.54, 1.807) is 12.1 Å². The van der Waals surface area contributed by atoms with E-state index in [1.807, 2.05) is 6.07 Å². The largest absolute Gasteiger partial charge is 0.438 e. The number of rotatable bonds is 4. The molecule has 1 saturated heterocycles. The highest BCUT2D eigenvalue weighted by atomic mass is 16.5. The fraction of sp³-hybridized carbons (Fsp3) is 0.500. The molecular weight excluding hydrogens is 244 g/mol. The SMILES string of the molecule is Nc1ccc2oc(COCC3CCOCC3)nc2c1. The van der Waals surface area contributed by atoms with Crippen LogP contribution in [0.3, 0.4) is 0 Å². The number of benzene rings is 1. The van der Waals surface area contributed by atoms with Gasteiger partial charge < -0.3 is 19.6 Å². The molecule has 0 aliphatic carbocycles. The first-order valence-electron chi connectivity index (χ1n) is 6.62. The molecule has 1 aliphatic rings. The minimum Gasteiger partial charge on any atom is -0.438 e. The molecule has 1 aromatic heterocycles. The van der Waals surface area contributed by atoms with Crippen LogP contribution in [0.25, 0.3) is 11.1 Å². The highest BCUT2D eigenvalue weighted by Gasteiger charge is 2.14. The first-order chi connectivity index (χ1) is 9.31. The molecule has 2 heterocycles. The van der Waals surface area contributed by atoms with Crippen LogP contribution in [-0.4, -0.2) is 24.8 Å². The Balaban J connectivity index is 1.56. The summed E-state index contributed by atoms with van der Waals surface area (Å²) < 4.78 is 16.6. The summed E-state index contributed by atoms with van der Waals surface area (Å²) >= 11 is 0. The average molecular weight is 262 g/mol. The molecule has 19 heavy (non-hydrogen) atoms. The highest BCUT2D eigenvalue weighted by molar-refractivity contribution is 5.76. The second-order valence-electron chi connectivity index (χ2n) is 4.91. The van der Waals surface area contributed by atoms with E-state index in [-0.39, 0.29) is 0 Å². The number of hydrogen-bond acceptors (Lipinski definition) is 5. The number of ether oxygens (including phenoxy) is 2. The zero-order valence-corrected chi connectivity index (χ0v) is 10.8. The third-order valence-corrected chi connectivity index (χ3v) is 3.38. The highest BCUT2D eigenvalue weighted by Crippen LogP contribution is 2.19. The van der Waals surface area contributed by atoms with E-state index in [2.05, 4.69) is 4.98 Å². The summed E-state index contributed by atoms with van der Waals surface area (Å²) in [6.45, 7) is 2.84. The molecule has 3 rings (SSSR count). The van der Waals surface area contributed by atoms with Gasteiger partial charge in [0.05, 0.1) is 6.61 Å². The first kappa shape index (κ1) is 12.4. The van der Waals surface area contributed by atoms with Crippen LogP contribution >= 0.6 is 0 Å². The normalized spacial score (nSPS) is 17.1. The summed E-state index contributed by atoms with van der Waals surface area (Å²) in [5, 5.41) is 0. The average Bonchev–Trinajstić information content (AvgIpc) is 2.82. The van der Waals surface area contributed by atoms with Crippen molar-refractivity contribution in [2.45, 2.75) is 19.4 Å². The molecule has 1 fully saturated rings. The maximum atomic E-state index is 5.71. The van der Waals surface area contributed by atoms with Crippen molar-refractivity contribution in [1.82, 2.24) is 4.98 Å². The Morgan fingerprint density at radius 1 is 1.32 bits per heavy atom. The van der Waals surface area contributed by atoms with Crippen molar-refractivity contribution in [2.75, 3.05) is 25.6 Å². The summed E-state index contributed by atoms with van der Waals surface area (Å²) in [7, 11) is 0. The molecule has 0 bridgehead atoms. The van der Waals surface area contributed by atoms with E-state index in [1.165, 1.54) is 0 Å². The second kappa shape index (κ2) is 5.59. The Bertz CT molecular complexity index is 547. The zero-order chi connectivity index (χ0) is 13.1. The van der Waals surface area contributed by atoms with Crippen LogP contribution < -0.4 is 5.73 Å². The summed E-state index contributed by atoms with van der Waals surface area (Å²) in [6.07, 6.45) is 2.15. The molecule has 5 nitrogen and oxygen atoms in total. The molecule has 1 aliphatic heterocycles. The molecule has 1 aromatic carbocycles. The predicted octanol–water partition coefficient (Wildman–Crippen LogP) is 2.35. The Morgan fingerprint density at radius 3 is 3.00 bits per heavy atom. The van der Waals surface area contributed by atoms with Gasteiger partial charge in [0.25, 0.3) is 0 Å². The second-order valence-corrected chi connectivity index (χ2v) is 4.91. The quantitative estimate of drug-likeness (QED) is 0.856. The fourth-order valence-electron chi connectivity index (χ4n) is 2.28. The molecule has 2 aromatic rings. The van der Waals surface area contributed by atoms with Crippen molar-refractivity contribution in [3.63, 3.8) is 0 Å². The van der Waals surface area contributed by atoms with Gasteiger partial charge in [-0.25, -0.2) is 4.98 Å². The number of aromatic nitrogens is 1. The topological polar surface area (TPSA) is 70.5 Å². The summed E-state index contributed by atoms with van der Waals surface area (Å²) in [5.74, 6) is 1.20. The van der Waals surface area contributed by atoms with Gasteiger partial charge in [-0.3, -0.25) is 0 Å². The van der Waals surface area contributed by atoms with E-state index in [0.717, 1.165) is 43.8 Å². The predicted molar refractivity (Wildman–Crippen MR) is 71.6 cm³/mol. The minimum absolute atomic E-state index is 0.409. The number of anilines is 1. The molecule has 0 atom stereocenters. The number of oxazole rings is 1. The van der Waals surface area contributed by atoms with Gasteiger partial charge in [-0.2, -0.15) is 0 Å². The van der Waals surface area contributed by atoms with Gasteiger partial charge in [0, 0.05) is 18.9 Å². The Hall–Kier alpha value is -1.59. The van der Waals surface area contributed by atoms with Crippen LogP contribution in [0.4, 0.5) is 5.69 Å². The molecule has 0 unspecified atom stereocenters. The van der Waals surface area contributed by atoms with Crippen molar-refractivity contribution < 1.29 is 13.9 Å². The monoisotopic (exact) mass is 262 g/mol. The molecule has 0 amide bonds. The van der Waals surface area contributed by atoms with Gasteiger partial charge in [0.2, 0.25) is 5.89 Å². The van der Waals surface area contributed by atoms with Crippen molar-refractivity contribution in [3.05, 3.63) is 24.1 Å². The van der Waals surface area contributed by atoms with Crippen LogP contribution in [0.15, 0.2) is 22.6 Å². The third kappa shape index (κ3) is 3.05. The lowest BCUT2D eigenvalue weighted by Crippen LogP contribution is -2.20. The Morgan fingerprint density at radius 2 is 2.16 bits per heavy atom. The van der Waals surface area contributed by atoms with Crippen LogP contribution in [0.5, 0.6) is 0 Å². The third-order valence-electron chi connectivity index (χ3n) is 3.38. The zero-order valence-electron chi connectivity index (χ0n) is 10.8. The molecule has 0 radical (unpaired) electrons. The van der Waals surface area contributed by atoms with Gasteiger partial charge in [0.15, 0.2) is 5.58 Å². The molecule has 2 N–H and O–H groups in total. The maximum absolute atomic E-state index is 5.71. The molecule has 0 saturated carbocycles. The van der Waals surface area contributed by atoms with E-state index in [0.29, 0.717) is 24.1 Å². The lowest BCUT2D eigenvalue weighted by Gasteiger charge is -2.21. The smallest absolute Gasteiger partial charge is 0.221 e. The molecule has 5 heteroatoms. The van der Waals surface area contributed by atoms with Crippen LogP contribution in [0, 0.1) is 5.92 Å². The molecule has 0 spiro atoms. The van der Waals surface area contributed by atoms with E-state index in [9.17, 15) is 0 Å². The van der Waals surface area contributed by atoms with Crippen LogP contribution in [-0.2, 0) is 16.1 Å². The van der Waals surface area contributed by atoms with Gasteiger partial charge in [0.1, 0.15) is 12.1 Å². The standard InChI is InChI=1S/C14H18N2O3/c15-11-1-2-13-12(7-11)16-14(19-13)9-18-8-10-3-5-17-6-4-10/h1-2,7,10H,3-6,8-9,15H2. The van der Waals surface area contributed by atoms with Gasteiger partial charge in [-0.1, -0.05) is 0 Å². The number of nitrogen functional groups attached to an aromatic ring is 1. The van der Waals surface area contributed by atoms with E-state index >= 15 is 0 Å². The molecular formula is C14H18N2O3. The van der Waals surface area contributed by atoms with Gasteiger partial charge >= 0.3 is 0 Å². The number of nitrogens with zero attached hydrogens (tertiary/aromatic N) is 1. The van der Waals surface area contributed by atoms with Crippen molar-refractivity contribution in [3.8, 4) is 0 Å². The first-order valence-corrected chi connectivity index (χ1v) is 6.62. The fourth-order valence-corrected chi connectivity index (χ4v) is 2.28. The van der Waals surface area contributed by atoms with Gasteiger partial charge in [-0.05, 0) is 37.0 Å². The summed E-state index contributed by atoms with van der Waals surface area (Å²) in [4.78, 5) is 4.36. The lowest BCUT2D eigenvalue weighted by molar-refractivity contribution is 0.0112. The number of fused-ring (bicyclic) bond motifs is 1. The van der Waals surface area contributed by atoms with Crippen LogP contribution in [0.1, 0.15) is 18.7 Å². The lowest BCUT2D eigenvalue weighted by atomic mass is 10.0. The van der Waals surface area contributed by atoms with Gasteiger partial charge in [-0.15, -0.1) is 0 Å².